The van der Waals surface area contributed by atoms with Gasteiger partial charge in [0.1, 0.15) is 0 Å². The zero-order valence-electron chi connectivity index (χ0n) is 23.0. The first kappa shape index (κ1) is 29.0. The van der Waals surface area contributed by atoms with E-state index in [9.17, 15) is 10.0 Å². The van der Waals surface area contributed by atoms with Crippen LogP contribution >= 0.6 is 0 Å². The van der Waals surface area contributed by atoms with Crippen LogP contribution in [0, 0.1) is 12.0 Å². The molecule has 1 saturated heterocycles. The first-order valence-electron chi connectivity index (χ1n) is 12.7. The number of carbonyl (C=O) groups excluding carboxylic acids is 1. The average Bonchev–Trinajstić information content (AvgIpc) is 3.45. The fourth-order valence-corrected chi connectivity index (χ4v) is 4.36. The highest BCUT2D eigenvalue weighted by Crippen LogP contribution is 2.47. The maximum Gasteiger partial charge on any atom is 0.257 e. The van der Waals surface area contributed by atoms with E-state index in [0.29, 0.717) is 40.4 Å². The Morgan fingerprint density at radius 3 is 1.97 bits per heavy atom. The Morgan fingerprint density at radius 1 is 0.921 bits per heavy atom. The summed E-state index contributed by atoms with van der Waals surface area (Å²) in [5.41, 5.74) is 2.66. The van der Waals surface area contributed by atoms with Gasteiger partial charge in [-0.3, -0.25) is 10.0 Å². The van der Waals surface area contributed by atoms with Crippen LogP contribution in [0.4, 0.5) is 0 Å². The molecule has 0 radical (unpaired) electrons. The average molecular weight is 528 g/mol. The molecule has 9 heteroatoms. The molecule has 2 atom stereocenters. The topological polar surface area (TPSA) is 95.9 Å². The zero-order valence-corrected chi connectivity index (χ0v) is 23.0. The fourth-order valence-electron chi connectivity index (χ4n) is 4.36. The van der Waals surface area contributed by atoms with E-state index in [1.54, 1.807) is 35.4 Å². The Morgan fingerprint density at radius 2 is 1.47 bits per heavy atom. The van der Waals surface area contributed by atoms with Gasteiger partial charge in [0.15, 0.2) is 23.0 Å². The monoisotopic (exact) mass is 527 g/mol. The number of carbonyl (C=O) groups is 1. The first-order valence-corrected chi connectivity index (χ1v) is 12.7. The van der Waals surface area contributed by atoms with Crippen molar-refractivity contribution in [2.45, 2.75) is 58.2 Å². The summed E-state index contributed by atoms with van der Waals surface area (Å²) in [5, 5.41) is 10.2. The molecule has 1 aliphatic rings. The Hall–Kier alpha value is -3.61. The molecule has 2 unspecified atom stereocenters. The van der Waals surface area contributed by atoms with Crippen molar-refractivity contribution in [3.05, 3.63) is 41.0 Å². The molecule has 1 aliphatic heterocycles. The lowest BCUT2D eigenvalue weighted by Gasteiger charge is -2.20. The third-order valence-electron chi connectivity index (χ3n) is 6.28. The summed E-state index contributed by atoms with van der Waals surface area (Å²) in [6, 6.07) is 10.2. The third kappa shape index (κ3) is 6.63. The Labute approximate surface area is 224 Å². The number of hydrogen-bond acceptors (Lipinski definition) is 8. The molecule has 9 nitrogen and oxygen atoms in total. The van der Waals surface area contributed by atoms with E-state index in [1.807, 2.05) is 31.2 Å². The standard InChI is InChI=1S/C29H37NO8/c1-7-14-37-28-19(10-9-13-30(32)27(31)8-2)15-20(16-24(28)33-3)22-11-12-23(38-22)21-17-25(34-4)29(36-6)26(18-21)35-5/h15-18,22-23,32H,7-8,10-12,14H2,1-6H3. The van der Waals surface area contributed by atoms with Crippen molar-refractivity contribution < 1.29 is 38.4 Å². The number of methoxy groups -OCH3 is 4. The van der Waals surface area contributed by atoms with E-state index in [1.165, 1.54) is 0 Å². The summed E-state index contributed by atoms with van der Waals surface area (Å²) in [5.74, 6) is 5.26. The van der Waals surface area contributed by atoms with Gasteiger partial charge < -0.3 is 28.4 Å². The van der Waals surface area contributed by atoms with Crippen molar-refractivity contribution in [1.82, 2.24) is 5.06 Å². The quantitative estimate of drug-likeness (QED) is 0.184. The van der Waals surface area contributed by atoms with Crippen LogP contribution in [0.5, 0.6) is 28.7 Å². The number of nitrogens with zero attached hydrogens (tertiary/aromatic N) is 1. The highest BCUT2D eigenvalue weighted by Gasteiger charge is 2.31. The first-order chi connectivity index (χ1) is 18.4. The summed E-state index contributed by atoms with van der Waals surface area (Å²) in [7, 11) is 6.35. The summed E-state index contributed by atoms with van der Waals surface area (Å²) < 4.78 is 34.6. The number of rotatable bonds is 11. The van der Waals surface area contributed by atoms with Crippen LogP contribution in [-0.2, 0) is 16.0 Å². The molecule has 1 amide bonds. The van der Waals surface area contributed by atoms with Gasteiger partial charge in [-0.15, -0.1) is 5.06 Å². The zero-order chi connectivity index (χ0) is 27.7. The van der Waals surface area contributed by atoms with Gasteiger partial charge in [-0.1, -0.05) is 19.8 Å². The van der Waals surface area contributed by atoms with Crippen molar-refractivity contribution in [2.24, 2.45) is 0 Å². The van der Waals surface area contributed by atoms with Gasteiger partial charge in [0.2, 0.25) is 5.75 Å². The second kappa shape index (κ2) is 13.8. The number of hydroxylamine groups is 2. The molecule has 0 spiro atoms. The second-order valence-corrected chi connectivity index (χ2v) is 8.73. The number of amides is 1. The molecule has 0 bridgehead atoms. The van der Waals surface area contributed by atoms with Crippen LogP contribution in [0.1, 0.15) is 68.4 Å². The molecule has 206 valence electrons. The van der Waals surface area contributed by atoms with Gasteiger partial charge in [-0.05, 0) is 54.7 Å². The van der Waals surface area contributed by atoms with Crippen LogP contribution < -0.4 is 23.7 Å². The van der Waals surface area contributed by atoms with Crippen LogP contribution in [0.3, 0.4) is 0 Å². The van der Waals surface area contributed by atoms with E-state index in [2.05, 4.69) is 12.0 Å². The van der Waals surface area contributed by atoms with Crippen LogP contribution in [-0.4, -0.2) is 51.2 Å². The Bertz CT molecular complexity index is 1140. The lowest BCUT2D eigenvalue weighted by molar-refractivity contribution is -0.151. The SMILES string of the molecule is CCCOc1c(CC#CN(O)C(=O)CC)cc(C2CCC(c3cc(OC)c(OC)c(OC)c3)O2)cc1OC. The molecule has 1 heterocycles. The summed E-state index contributed by atoms with van der Waals surface area (Å²) in [6.07, 6.45) is 2.48. The van der Waals surface area contributed by atoms with E-state index >= 15 is 0 Å². The minimum Gasteiger partial charge on any atom is -0.493 e. The summed E-state index contributed by atoms with van der Waals surface area (Å²) in [4.78, 5) is 11.6. The highest BCUT2D eigenvalue weighted by molar-refractivity contribution is 5.76. The highest BCUT2D eigenvalue weighted by atomic mass is 16.5. The van der Waals surface area contributed by atoms with Crippen LogP contribution in [0.25, 0.3) is 0 Å². The van der Waals surface area contributed by atoms with Gasteiger partial charge in [0.25, 0.3) is 5.91 Å². The van der Waals surface area contributed by atoms with Gasteiger partial charge >= 0.3 is 0 Å². The van der Waals surface area contributed by atoms with Crippen molar-refractivity contribution in [2.75, 3.05) is 35.0 Å². The van der Waals surface area contributed by atoms with Gasteiger partial charge in [-0.25, -0.2) is 0 Å². The maximum absolute atomic E-state index is 11.6. The van der Waals surface area contributed by atoms with E-state index in [-0.39, 0.29) is 25.0 Å². The maximum atomic E-state index is 11.6. The second-order valence-electron chi connectivity index (χ2n) is 8.73. The molecule has 0 aliphatic carbocycles. The number of ether oxygens (including phenoxy) is 6. The van der Waals surface area contributed by atoms with Crippen LogP contribution in [0.2, 0.25) is 0 Å². The summed E-state index contributed by atoms with van der Waals surface area (Å²) >= 11 is 0. The minimum atomic E-state index is -0.469. The van der Waals surface area contributed by atoms with Crippen molar-refractivity contribution in [3.63, 3.8) is 0 Å². The van der Waals surface area contributed by atoms with Gasteiger partial charge in [0, 0.05) is 24.4 Å². The predicted octanol–water partition coefficient (Wildman–Crippen LogP) is 5.23. The minimum absolute atomic E-state index is 0.158. The molecule has 0 saturated carbocycles. The third-order valence-corrected chi connectivity index (χ3v) is 6.28. The number of hydrogen-bond donors (Lipinski definition) is 1. The van der Waals surface area contributed by atoms with Crippen LogP contribution in [0.15, 0.2) is 24.3 Å². The van der Waals surface area contributed by atoms with Crippen molar-refractivity contribution in [3.8, 4) is 40.7 Å². The molecule has 2 aromatic carbocycles. The van der Waals surface area contributed by atoms with Crippen molar-refractivity contribution in [1.29, 1.82) is 0 Å². The molecule has 1 N–H and O–H groups in total. The lowest BCUT2D eigenvalue weighted by atomic mass is 9.99. The molecular weight excluding hydrogens is 490 g/mol. The van der Waals surface area contributed by atoms with E-state index in [4.69, 9.17) is 28.4 Å². The normalized spacial score (nSPS) is 16.3. The van der Waals surface area contributed by atoms with Crippen molar-refractivity contribution >= 4 is 5.91 Å². The lowest BCUT2D eigenvalue weighted by Crippen LogP contribution is -2.20. The molecule has 1 fully saturated rings. The molecular formula is C29H37NO8. The smallest absolute Gasteiger partial charge is 0.257 e. The molecule has 2 aromatic rings. The van der Waals surface area contributed by atoms with Gasteiger partial charge in [0.05, 0.1) is 47.3 Å². The predicted molar refractivity (Wildman–Crippen MR) is 141 cm³/mol. The molecule has 0 aromatic heterocycles. The molecule has 38 heavy (non-hydrogen) atoms. The largest absolute Gasteiger partial charge is 0.493 e. The summed E-state index contributed by atoms with van der Waals surface area (Å²) in [6.45, 7) is 4.20. The van der Waals surface area contributed by atoms with E-state index < -0.39 is 5.91 Å². The Kier molecular flexibility index (Phi) is 10.5. The fraction of sp³-hybridized carbons (Fsp3) is 0.483. The van der Waals surface area contributed by atoms with Gasteiger partial charge in [-0.2, -0.15) is 0 Å². The molecule has 3 rings (SSSR count). The number of benzene rings is 2. The van der Waals surface area contributed by atoms with E-state index in [0.717, 1.165) is 36.0 Å². The Balaban J connectivity index is 1.91.